The van der Waals surface area contributed by atoms with Crippen molar-refractivity contribution in [3.8, 4) is 0 Å². The molecule has 2 unspecified atom stereocenters. The number of likely N-dealkylation sites (tertiary alicyclic amines) is 1. The highest BCUT2D eigenvalue weighted by Crippen LogP contribution is 2.71. The molecule has 0 amide bonds. The molecular weight excluding hydrogens is 434 g/mol. The molecule has 1 aromatic carbocycles. The molecule has 4 heteroatoms. The molecule has 0 radical (unpaired) electrons. The van der Waals surface area contributed by atoms with Crippen LogP contribution in [0.1, 0.15) is 83.6 Å². The van der Waals surface area contributed by atoms with Gasteiger partial charge in [-0.3, -0.25) is 0 Å². The van der Waals surface area contributed by atoms with Crippen LogP contribution in [0.4, 0.5) is 0 Å². The first-order valence-electron chi connectivity index (χ1n) is 14.3. The number of fused-ring (bicyclic) bond motifs is 5. The summed E-state index contributed by atoms with van der Waals surface area (Å²) in [5.74, 6) is 0.752. The smallest absolute Gasteiger partial charge is 0.101 e. The molecule has 7 atom stereocenters. The summed E-state index contributed by atoms with van der Waals surface area (Å²) in [4.78, 5) is 2.53. The van der Waals surface area contributed by atoms with Crippen molar-refractivity contribution < 1.29 is 14.9 Å². The van der Waals surface area contributed by atoms with E-state index in [2.05, 4.69) is 55.2 Å². The zero-order valence-electron chi connectivity index (χ0n) is 21.8. The predicted molar refractivity (Wildman–Crippen MR) is 139 cm³/mol. The van der Waals surface area contributed by atoms with Crippen molar-refractivity contribution in [1.82, 2.24) is 4.90 Å². The number of allylic oxidation sites excluding steroid dienone is 1. The third-order valence-electron chi connectivity index (χ3n) is 11.6. The Kier molecular flexibility index (Phi) is 5.99. The summed E-state index contributed by atoms with van der Waals surface area (Å²) in [5.41, 5.74) is 1.33. The molecule has 0 aromatic heterocycles. The molecular formula is C31H45NO3. The Morgan fingerprint density at radius 3 is 2.51 bits per heavy atom. The maximum atomic E-state index is 12.8. The van der Waals surface area contributed by atoms with Gasteiger partial charge in [-0.25, -0.2) is 0 Å². The molecule has 1 heterocycles. The third kappa shape index (κ3) is 3.46. The van der Waals surface area contributed by atoms with Gasteiger partial charge in [0.25, 0.3) is 0 Å². The zero-order chi connectivity index (χ0) is 24.3. The fourth-order valence-electron chi connectivity index (χ4n) is 9.45. The summed E-state index contributed by atoms with van der Waals surface area (Å²) in [6.07, 6.45) is 12.3. The molecule has 0 spiro atoms. The maximum absolute atomic E-state index is 12.8. The van der Waals surface area contributed by atoms with E-state index in [1.54, 1.807) is 0 Å². The molecule has 6 rings (SSSR count). The average molecular weight is 480 g/mol. The summed E-state index contributed by atoms with van der Waals surface area (Å²) in [6, 6.07) is 10.8. The van der Waals surface area contributed by atoms with Gasteiger partial charge in [0.2, 0.25) is 0 Å². The van der Waals surface area contributed by atoms with Crippen molar-refractivity contribution in [2.75, 3.05) is 26.2 Å². The number of ether oxygens (including phenoxy) is 1. The minimum atomic E-state index is -0.736. The second-order valence-electron chi connectivity index (χ2n) is 12.9. The zero-order valence-corrected chi connectivity index (χ0v) is 21.8. The van der Waals surface area contributed by atoms with Crippen molar-refractivity contribution in [2.45, 2.75) is 95.4 Å². The summed E-state index contributed by atoms with van der Waals surface area (Å²) < 4.78 is 7.05. The van der Waals surface area contributed by atoms with E-state index in [4.69, 9.17) is 4.74 Å². The Morgan fingerprint density at radius 2 is 1.74 bits per heavy atom. The van der Waals surface area contributed by atoms with Crippen LogP contribution in [0.15, 0.2) is 42.0 Å². The first-order chi connectivity index (χ1) is 16.8. The fraction of sp³-hybridized carbons (Fsp3) is 0.742. The second kappa shape index (κ2) is 8.68. The van der Waals surface area contributed by atoms with E-state index in [1.807, 2.05) is 0 Å². The van der Waals surface area contributed by atoms with Gasteiger partial charge in [-0.15, -0.1) is 0 Å². The highest BCUT2D eigenvalue weighted by atomic mass is 16.5. The SMILES string of the molecule is C[C@]12CCC(O)CC1=CC[C@@H]1[C@H]2CC[C@]2(C)C(OCCN3CCCC3)(c3ccccc3)CC[C@@]12O. The van der Waals surface area contributed by atoms with Gasteiger partial charge in [-0.2, -0.15) is 0 Å². The first kappa shape index (κ1) is 24.2. The van der Waals surface area contributed by atoms with Crippen molar-refractivity contribution in [1.29, 1.82) is 0 Å². The normalized spacial score (nSPS) is 45.5. The standard InChI is InChI=1S/C31H45NO3/c1-28-14-12-25(33)22-24(28)10-11-27-26(28)13-15-29(2)30(27,34)16-17-31(29,23-8-4-3-5-9-23)35-21-20-32-18-6-7-19-32/h3-5,8-10,25-27,33-34H,6-7,11-22H2,1-2H3/t25?,26-,27-,28+,29+,30-,31?/m1/s1. The minimum Gasteiger partial charge on any atom is -0.393 e. The summed E-state index contributed by atoms with van der Waals surface area (Å²) in [7, 11) is 0. The topological polar surface area (TPSA) is 52.9 Å². The van der Waals surface area contributed by atoms with Crippen molar-refractivity contribution in [3.05, 3.63) is 47.5 Å². The molecule has 3 saturated carbocycles. The van der Waals surface area contributed by atoms with E-state index in [1.165, 1.54) is 37.1 Å². The number of hydrogen-bond donors (Lipinski definition) is 2. The van der Waals surface area contributed by atoms with Crippen LogP contribution in [0.3, 0.4) is 0 Å². The Bertz CT molecular complexity index is 957. The molecule has 4 nitrogen and oxygen atoms in total. The third-order valence-corrected chi connectivity index (χ3v) is 11.6. The number of aliphatic hydroxyl groups excluding tert-OH is 1. The Hall–Kier alpha value is -1.20. The van der Waals surface area contributed by atoms with Gasteiger partial charge in [-0.1, -0.05) is 55.8 Å². The van der Waals surface area contributed by atoms with Gasteiger partial charge < -0.3 is 19.8 Å². The fourth-order valence-corrected chi connectivity index (χ4v) is 9.45. The van der Waals surface area contributed by atoms with E-state index < -0.39 is 11.2 Å². The van der Waals surface area contributed by atoms with Crippen LogP contribution in [-0.2, 0) is 10.3 Å². The van der Waals surface area contributed by atoms with Crippen LogP contribution < -0.4 is 0 Å². The number of nitrogens with zero attached hydrogens (tertiary/aromatic N) is 1. The average Bonchev–Trinajstić information content (AvgIpc) is 3.46. The monoisotopic (exact) mass is 479 g/mol. The molecule has 4 fully saturated rings. The van der Waals surface area contributed by atoms with E-state index in [0.29, 0.717) is 5.92 Å². The lowest BCUT2D eigenvalue weighted by molar-refractivity contribution is -0.232. The Morgan fingerprint density at radius 1 is 0.971 bits per heavy atom. The molecule has 0 bridgehead atoms. The highest BCUT2D eigenvalue weighted by Gasteiger charge is 2.72. The summed E-state index contributed by atoms with van der Waals surface area (Å²) in [6.45, 7) is 8.88. The van der Waals surface area contributed by atoms with Gasteiger partial charge in [0.15, 0.2) is 0 Å². The van der Waals surface area contributed by atoms with E-state index in [0.717, 1.165) is 64.5 Å². The number of rotatable bonds is 5. The van der Waals surface area contributed by atoms with E-state index in [9.17, 15) is 10.2 Å². The lowest BCUT2D eigenvalue weighted by atomic mass is 9.45. The Balaban J connectivity index is 1.34. The van der Waals surface area contributed by atoms with Gasteiger partial charge in [0.05, 0.1) is 18.3 Å². The molecule has 2 N–H and O–H groups in total. The van der Waals surface area contributed by atoms with Crippen molar-refractivity contribution in [3.63, 3.8) is 0 Å². The van der Waals surface area contributed by atoms with Gasteiger partial charge in [-0.05, 0) is 100 Å². The lowest BCUT2D eigenvalue weighted by Gasteiger charge is -2.62. The molecule has 5 aliphatic rings. The van der Waals surface area contributed by atoms with Crippen LogP contribution in [0, 0.1) is 22.7 Å². The van der Waals surface area contributed by atoms with Crippen molar-refractivity contribution in [2.24, 2.45) is 22.7 Å². The molecule has 35 heavy (non-hydrogen) atoms. The number of aliphatic hydroxyl groups is 2. The van der Waals surface area contributed by atoms with Crippen LogP contribution in [0.2, 0.25) is 0 Å². The van der Waals surface area contributed by atoms with Gasteiger partial charge in [0, 0.05) is 12.0 Å². The summed E-state index contributed by atoms with van der Waals surface area (Å²) >= 11 is 0. The summed E-state index contributed by atoms with van der Waals surface area (Å²) in [5, 5.41) is 23.1. The molecule has 1 aliphatic heterocycles. The van der Waals surface area contributed by atoms with Crippen LogP contribution in [0.5, 0.6) is 0 Å². The predicted octanol–water partition coefficient (Wildman–Crippen LogP) is 5.43. The Labute approximate surface area is 211 Å². The molecule has 1 saturated heterocycles. The second-order valence-corrected chi connectivity index (χ2v) is 12.9. The molecule has 192 valence electrons. The van der Waals surface area contributed by atoms with Crippen LogP contribution >= 0.6 is 0 Å². The van der Waals surface area contributed by atoms with E-state index >= 15 is 0 Å². The van der Waals surface area contributed by atoms with Gasteiger partial charge >= 0.3 is 0 Å². The first-order valence-corrected chi connectivity index (χ1v) is 14.3. The maximum Gasteiger partial charge on any atom is 0.101 e. The quantitative estimate of drug-likeness (QED) is 0.553. The number of hydrogen-bond acceptors (Lipinski definition) is 4. The molecule has 1 aromatic rings. The van der Waals surface area contributed by atoms with E-state index in [-0.39, 0.29) is 22.9 Å². The minimum absolute atomic E-state index is 0.119. The van der Waals surface area contributed by atoms with Gasteiger partial charge in [0.1, 0.15) is 5.60 Å². The van der Waals surface area contributed by atoms with Crippen molar-refractivity contribution >= 4 is 0 Å². The van der Waals surface area contributed by atoms with Crippen LogP contribution in [-0.4, -0.2) is 53.1 Å². The number of benzene rings is 1. The van der Waals surface area contributed by atoms with Crippen LogP contribution in [0.25, 0.3) is 0 Å². The largest absolute Gasteiger partial charge is 0.393 e. The molecule has 4 aliphatic carbocycles. The lowest BCUT2D eigenvalue weighted by Crippen LogP contribution is -2.63. The highest BCUT2D eigenvalue weighted by molar-refractivity contribution is 5.35.